The monoisotopic (exact) mass is 355 g/mol. The third-order valence-corrected chi connectivity index (χ3v) is 4.22. The van der Waals surface area contributed by atoms with Crippen molar-refractivity contribution in [2.45, 2.75) is 13.8 Å². The van der Waals surface area contributed by atoms with Crippen LogP contribution < -0.4 is 5.43 Å². The summed E-state index contributed by atoms with van der Waals surface area (Å²) in [5, 5.41) is 14.5. The third kappa shape index (κ3) is 4.09. The zero-order valence-electron chi connectivity index (χ0n) is 12.5. The van der Waals surface area contributed by atoms with Gasteiger partial charge in [-0.2, -0.15) is 5.10 Å². The summed E-state index contributed by atoms with van der Waals surface area (Å²) in [5.74, 6) is -0.551. The number of carbonyl (C=O) groups excluding carboxylic acids is 1. The largest absolute Gasteiger partial charge is 0.273 e. The average molecular weight is 356 g/mol. The van der Waals surface area contributed by atoms with E-state index in [9.17, 15) is 14.9 Å². The number of nitrogens with zero attached hydrogens (tertiary/aromatic N) is 2. The Morgan fingerprint density at radius 3 is 2.74 bits per heavy atom. The van der Waals surface area contributed by atoms with Gasteiger partial charge in [0.1, 0.15) is 4.49 Å². The van der Waals surface area contributed by atoms with Crippen LogP contribution in [0.4, 0.5) is 5.69 Å². The van der Waals surface area contributed by atoms with E-state index in [-0.39, 0.29) is 33.3 Å². The van der Waals surface area contributed by atoms with Gasteiger partial charge in [0, 0.05) is 17.7 Å². The molecule has 0 saturated heterocycles. The van der Waals surface area contributed by atoms with Crippen molar-refractivity contribution >= 4 is 41.0 Å². The maximum atomic E-state index is 12.1. The van der Waals surface area contributed by atoms with Crippen molar-refractivity contribution in [2.24, 2.45) is 22.4 Å². The predicted molar refractivity (Wildman–Crippen MR) is 89.4 cm³/mol. The predicted octanol–water partition coefficient (Wildman–Crippen LogP) is 3.64. The molecule has 1 N–H and O–H groups in total. The number of amides is 1. The van der Waals surface area contributed by atoms with Gasteiger partial charge in [0.25, 0.3) is 5.69 Å². The Kier molecular flexibility index (Phi) is 5.06. The molecule has 1 amide bonds. The molecule has 0 aromatic heterocycles. The molecule has 23 heavy (non-hydrogen) atoms. The lowest BCUT2D eigenvalue weighted by molar-refractivity contribution is -0.384. The third-order valence-electron chi connectivity index (χ3n) is 3.97. The van der Waals surface area contributed by atoms with Crippen LogP contribution in [-0.2, 0) is 4.79 Å². The van der Waals surface area contributed by atoms with Crippen LogP contribution in [0.5, 0.6) is 0 Å². The van der Waals surface area contributed by atoms with Crippen LogP contribution in [0.2, 0.25) is 0 Å². The Labute approximate surface area is 143 Å². The smallest absolute Gasteiger partial charge is 0.270 e. The molecule has 1 saturated carbocycles. The van der Waals surface area contributed by atoms with Crippen molar-refractivity contribution in [1.82, 2.24) is 5.43 Å². The zero-order chi connectivity index (χ0) is 17.2. The van der Waals surface area contributed by atoms with Crippen LogP contribution in [0.3, 0.4) is 0 Å². The van der Waals surface area contributed by atoms with Gasteiger partial charge in [-0.1, -0.05) is 49.2 Å². The van der Waals surface area contributed by atoms with Crippen LogP contribution in [0.1, 0.15) is 19.4 Å². The number of allylic oxidation sites excluding steroid dienone is 1. The lowest BCUT2D eigenvalue weighted by atomic mass is 10.1. The Hall–Kier alpha value is -1.92. The van der Waals surface area contributed by atoms with E-state index >= 15 is 0 Å². The van der Waals surface area contributed by atoms with E-state index < -0.39 is 4.92 Å². The topological polar surface area (TPSA) is 84.6 Å². The van der Waals surface area contributed by atoms with Gasteiger partial charge in [-0.15, -0.1) is 0 Å². The van der Waals surface area contributed by atoms with Gasteiger partial charge in [-0.3, -0.25) is 14.9 Å². The summed E-state index contributed by atoms with van der Waals surface area (Å²) < 4.78 is 0.137. The fourth-order valence-electron chi connectivity index (χ4n) is 2.58. The minimum Gasteiger partial charge on any atom is -0.273 e. The summed E-state index contributed by atoms with van der Waals surface area (Å²) in [4.78, 5) is 22.3. The second kappa shape index (κ2) is 6.68. The number of halogens is 2. The first-order chi connectivity index (χ1) is 10.7. The number of nitro groups is 1. The van der Waals surface area contributed by atoms with Crippen molar-refractivity contribution in [3.05, 3.63) is 50.5 Å². The minimum absolute atomic E-state index is 0.0365. The molecule has 2 atom stereocenters. The van der Waals surface area contributed by atoms with Gasteiger partial charge >= 0.3 is 0 Å². The Morgan fingerprint density at radius 1 is 1.43 bits per heavy atom. The molecule has 0 spiro atoms. The van der Waals surface area contributed by atoms with Crippen LogP contribution in [0.25, 0.3) is 0 Å². The molecule has 122 valence electrons. The minimum atomic E-state index is -0.491. The molecule has 1 aliphatic rings. The molecular weight excluding hydrogens is 341 g/mol. The Balaban J connectivity index is 1.99. The standard InChI is InChI=1S/C15H15Cl2N3O3/c1-15(2)11(7-12(16)17)13(15)14(21)19-18-8-9-4-3-5-10(6-9)20(22)23/h3-8,11,13H,1-2H3,(H,19,21)/b18-8-/t11-,13+/m0/s1. The quantitative estimate of drug-likeness (QED) is 0.497. The molecule has 0 radical (unpaired) electrons. The first-order valence-corrected chi connectivity index (χ1v) is 7.59. The molecular formula is C15H15Cl2N3O3. The molecule has 6 nitrogen and oxygen atoms in total. The molecule has 1 aromatic carbocycles. The van der Waals surface area contributed by atoms with Crippen molar-refractivity contribution in [1.29, 1.82) is 0 Å². The number of hydrazone groups is 1. The number of hydrogen-bond donors (Lipinski definition) is 1. The van der Waals surface area contributed by atoms with Crippen molar-refractivity contribution in [2.75, 3.05) is 0 Å². The van der Waals surface area contributed by atoms with Gasteiger partial charge in [0.15, 0.2) is 0 Å². The van der Waals surface area contributed by atoms with Gasteiger partial charge in [0.2, 0.25) is 5.91 Å². The molecule has 0 bridgehead atoms. The molecule has 2 rings (SSSR count). The van der Waals surface area contributed by atoms with E-state index in [2.05, 4.69) is 10.5 Å². The van der Waals surface area contributed by atoms with E-state index in [4.69, 9.17) is 23.2 Å². The summed E-state index contributed by atoms with van der Waals surface area (Å²) in [7, 11) is 0. The van der Waals surface area contributed by atoms with E-state index in [0.717, 1.165) is 0 Å². The highest BCUT2D eigenvalue weighted by Gasteiger charge is 2.60. The van der Waals surface area contributed by atoms with Crippen LogP contribution in [0.15, 0.2) is 39.9 Å². The van der Waals surface area contributed by atoms with Crippen molar-refractivity contribution in [3.63, 3.8) is 0 Å². The maximum absolute atomic E-state index is 12.1. The van der Waals surface area contributed by atoms with Crippen LogP contribution >= 0.6 is 23.2 Å². The van der Waals surface area contributed by atoms with Crippen LogP contribution in [-0.4, -0.2) is 17.0 Å². The Morgan fingerprint density at radius 2 is 2.13 bits per heavy atom. The van der Waals surface area contributed by atoms with E-state index in [1.165, 1.54) is 18.3 Å². The molecule has 8 heteroatoms. The Bertz CT molecular complexity index is 697. The lowest BCUT2D eigenvalue weighted by Crippen LogP contribution is -2.21. The summed E-state index contributed by atoms with van der Waals surface area (Å²) in [6, 6.07) is 5.96. The van der Waals surface area contributed by atoms with Crippen LogP contribution in [0, 0.1) is 27.4 Å². The summed E-state index contributed by atoms with van der Waals surface area (Å²) in [5.41, 5.74) is 2.70. The summed E-state index contributed by atoms with van der Waals surface area (Å²) in [6.07, 6.45) is 3.01. The average Bonchev–Trinajstić information content (AvgIpc) is 2.99. The summed E-state index contributed by atoms with van der Waals surface area (Å²) >= 11 is 11.3. The molecule has 1 aromatic rings. The number of nitrogens with one attached hydrogen (secondary N) is 1. The highest BCUT2D eigenvalue weighted by Crippen LogP contribution is 2.59. The molecule has 0 heterocycles. The number of carbonyl (C=O) groups is 1. The van der Waals surface area contributed by atoms with Crippen molar-refractivity contribution in [3.8, 4) is 0 Å². The first kappa shape index (κ1) is 17.4. The number of rotatable bonds is 5. The number of non-ortho nitro benzene ring substituents is 1. The first-order valence-electron chi connectivity index (χ1n) is 6.83. The number of hydrogen-bond acceptors (Lipinski definition) is 4. The van der Waals surface area contributed by atoms with Gasteiger partial charge in [-0.05, 0) is 17.4 Å². The fraction of sp³-hybridized carbons (Fsp3) is 0.333. The second-order valence-corrected chi connectivity index (χ2v) is 6.88. The SMILES string of the molecule is CC1(C)[C@@H](C=C(Cl)Cl)[C@@H]1C(=O)N/N=C\c1cccc([N+](=O)[O-])c1. The number of nitro benzene ring substituents is 1. The zero-order valence-corrected chi connectivity index (χ0v) is 14.0. The van der Waals surface area contributed by atoms with E-state index in [0.29, 0.717) is 5.56 Å². The molecule has 0 aliphatic heterocycles. The van der Waals surface area contributed by atoms with Crippen molar-refractivity contribution < 1.29 is 9.72 Å². The van der Waals surface area contributed by atoms with E-state index in [1.807, 2.05) is 13.8 Å². The van der Waals surface area contributed by atoms with E-state index in [1.54, 1.807) is 18.2 Å². The van der Waals surface area contributed by atoms with Gasteiger partial charge < -0.3 is 0 Å². The maximum Gasteiger partial charge on any atom is 0.270 e. The van der Waals surface area contributed by atoms with Gasteiger partial charge in [0.05, 0.1) is 17.1 Å². The highest BCUT2D eigenvalue weighted by atomic mass is 35.5. The highest BCUT2D eigenvalue weighted by molar-refractivity contribution is 6.55. The second-order valence-electron chi connectivity index (χ2n) is 5.87. The molecule has 0 unspecified atom stereocenters. The molecule has 1 fully saturated rings. The van der Waals surface area contributed by atoms with Gasteiger partial charge in [-0.25, -0.2) is 5.43 Å². The molecule has 1 aliphatic carbocycles. The fourth-order valence-corrected chi connectivity index (χ4v) is 2.86. The normalized spacial score (nSPS) is 21.7. The number of benzene rings is 1. The summed E-state index contributed by atoms with van der Waals surface area (Å²) in [6.45, 7) is 3.89. The lowest BCUT2D eigenvalue weighted by Gasteiger charge is -2.01.